The molecule has 33 heavy (non-hydrogen) atoms. The minimum Gasteiger partial charge on any atom is -0.497 e. The van der Waals surface area contributed by atoms with Gasteiger partial charge >= 0.3 is 0 Å². The molecule has 4 aromatic rings. The van der Waals surface area contributed by atoms with E-state index in [0.717, 1.165) is 57.1 Å². The van der Waals surface area contributed by atoms with Crippen molar-refractivity contribution >= 4 is 46.5 Å². The van der Waals surface area contributed by atoms with Gasteiger partial charge in [-0.3, -0.25) is 4.98 Å². The average Bonchev–Trinajstić information content (AvgIpc) is 2.79. The molecule has 176 valence electrons. The van der Waals surface area contributed by atoms with Crippen LogP contribution in [0.1, 0.15) is 30.2 Å². The number of rotatable bonds is 7. The van der Waals surface area contributed by atoms with Gasteiger partial charge in [-0.1, -0.05) is 13.3 Å². The van der Waals surface area contributed by atoms with Crippen molar-refractivity contribution in [1.82, 2.24) is 9.97 Å². The number of aromatic nitrogens is 2. The lowest BCUT2D eigenvalue weighted by molar-refractivity contribution is 0.356. The zero-order valence-corrected chi connectivity index (χ0v) is 20.7. The standard InChI is InChI=1S/C25H26N2O4.2ClH/c1-5-6-22-20-13-24(31-4)23(30-3)12-19(20)17(14-26-22)10-16-9-15-11-18(29-2)7-8-21(15)27-25(16)28;;/h7-9,11-14H,5-6,10H2,1-4H3,(H,27,28);2*1H. The van der Waals surface area contributed by atoms with Crippen molar-refractivity contribution < 1.29 is 19.3 Å². The van der Waals surface area contributed by atoms with Gasteiger partial charge in [-0.2, -0.15) is 0 Å². The van der Waals surface area contributed by atoms with E-state index in [1.807, 2.05) is 42.6 Å². The molecule has 2 aromatic carbocycles. The Labute approximate surface area is 205 Å². The molecule has 8 heteroatoms. The maximum atomic E-state index is 10.6. The molecular formula is C25H28Cl2N2O4. The first-order chi connectivity index (χ1) is 15.1. The van der Waals surface area contributed by atoms with E-state index in [2.05, 4.69) is 11.9 Å². The molecule has 4 rings (SSSR count). The van der Waals surface area contributed by atoms with Crippen molar-refractivity contribution in [3.8, 4) is 23.1 Å². The lowest BCUT2D eigenvalue weighted by Crippen LogP contribution is -2.00. The van der Waals surface area contributed by atoms with Crippen molar-refractivity contribution in [2.24, 2.45) is 0 Å². The number of aromatic hydroxyl groups is 1. The van der Waals surface area contributed by atoms with Crippen molar-refractivity contribution in [2.75, 3.05) is 21.3 Å². The molecule has 0 radical (unpaired) electrons. The fraction of sp³-hybridized carbons (Fsp3) is 0.280. The monoisotopic (exact) mass is 490 g/mol. The lowest BCUT2D eigenvalue weighted by atomic mass is 9.97. The molecule has 0 aliphatic rings. The molecule has 6 nitrogen and oxygen atoms in total. The molecule has 0 bridgehead atoms. The predicted molar refractivity (Wildman–Crippen MR) is 136 cm³/mol. The number of methoxy groups -OCH3 is 3. The lowest BCUT2D eigenvalue weighted by Gasteiger charge is -2.15. The molecule has 0 saturated carbocycles. The second kappa shape index (κ2) is 11.3. The van der Waals surface area contributed by atoms with Crippen LogP contribution in [0.5, 0.6) is 23.1 Å². The number of benzene rings is 2. The van der Waals surface area contributed by atoms with Gasteiger partial charge in [-0.15, -0.1) is 24.8 Å². The highest BCUT2D eigenvalue weighted by atomic mass is 35.5. The molecule has 1 N–H and O–H groups in total. The van der Waals surface area contributed by atoms with Gasteiger partial charge in [0, 0.05) is 34.6 Å². The SMILES string of the molecule is CCCc1ncc(Cc2cc3cc(OC)ccc3nc2O)c2cc(OC)c(OC)cc12.Cl.Cl. The van der Waals surface area contributed by atoms with Crippen LogP contribution in [0.2, 0.25) is 0 Å². The summed E-state index contributed by atoms with van der Waals surface area (Å²) in [5, 5.41) is 13.6. The van der Waals surface area contributed by atoms with Crippen LogP contribution in [0.3, 0.4) is 0 Å². The second-order valence-electron chi connectivity index (χ2n) is 7.44. The Kier molecular flexibility index (Phi) is 8.97. The van der Waals surface area contributed by atoms with E-state index in [9.17, 15) is 5.11 Å². The Morgan fingerprint density at radius 2 is 1.55 bits per heavy atom. The summed E-state index contributed by atoms with van der Waals surface area (Å²) in [5.74, 6) is 2.10. The van der Waals surface area contributed by atoms with Crippen LogP contribution in [-0.2, 0) is 12.8 Å². The number of nitrogens with zero attached hydrogens (tertiary/aromatic N) is 2. The molecule has 2 aromatic heterocycles. The van der Waals surface area contributed by atoms with Crippen LogP contribution in [0.25, 0.3) is 21.7 Å². The van der Waals surface area contributed by atoms with E-state index < -0.39 is 0 Å². The van der Waals surface area contributed by atoms with Gasteiger partial charge in [0.1, 0.15) is 5.75 Å². The Morgan fingerprint density at radius 3 is 2.18 bits per heavy atom. The first kappa shape index (κ1) is 26.3. The topological polar surface area (TPSA) is 73.7 Å². The van der Waals surface area contributed by atoms with Crippen LogP contribution in [0.4, 0.5) is 0 Å². The van der Waals surface area contributed by atoms with E-state index in [0.29, 0.717) is 17.9 Å². The van der Waals surface area contributed by atoms with Gasteiger partial charge < -0.3 is 19.3 Å². The first-order valence-electron chi connectivity index (χ1n) is 10.3. The summed E-state index contributed by atoms with van der Waals surface area (Å²) < 4.78 is 16.4. The van der Waals surface area contributed by atoms with E-state index in [1.54, 1.807) is 21.3 Å². The van der Waals surface area contributed by atoms with Crippen LogP contribution in [-0.4, -0.2) is 36.4 Å². The molecule has 0 fully saturated rings. The largest absolute Gasteiger partial charge is 0.497 e. The molecule has 0 unspecified atom stereocenters. The van der Waals surface area contributed by atoms with Crippen molar-refractivity contribution in [3.05, 3.63) is 59.4 Å². The van der Waals surface area contributed by atoms with E-state index in [1.165, 1.54) is 0 Å². The van der Waals surface area contributed by atoms with Crippen LogP contribution in [0, 0.1) is 0 Å². The summed E-state index contributed by atoms with van der Waals surface area (Å²) in [4.78, 5) is 9.09. The third-order valence-electron chi connectivity index (χ3n) is 5.50. The van der Waals surface area contributed by atoms with Gasteiger partial charge in [0.05, 0.1) is 26.8 Å². The summed E-state index contributed by atoms with van der Waals surface area (Å²) in [7, 11) is 4.89. The summed E-state index contributed by atoms with van der Waals surface area (Å²) in [6.07, 6.45) is 4.23. The summed E-state index contributed by atoms with van der Waals surface area (Å²) in [5.41, 5.74) is 3.44. The molecule has 0 amide bonds. The Balaban J connectivity index is 0.00000193. The van der Waals surface area contributed by atoms with E-state index in [4.69, 9.17) is 19.2 Å². The molecule has 0 spiro atoms. The summed E-state index contributed by atoms with van der Waals surface area (Å²) >= 11 is 0. The zero-order chi connectivity index (χ0) is 22.0. The fourth-order valence-corrected chi connectivity index (χ4v) is 3.91. The predicted octanol–water partition coefficient (Wildman–Crippen LogP) is 5.90. The number of hydrogen-bond acceptors (Lipinski definition) is 6. The van der Waals surface area contributed by atoms with Crippen molar-refractivity contribution in [3.63, 3.8) is 0 Å². The first-order valence-corrected chi connectivity index (χ1v) is 10.3. The minimum atomic E-state index is 0. The van der Waals surface area contributed by atoms with Gasteiger partial charge in [-0.05, 0) is 53.8 Å². The van der Waals surface area contributed by atoms with Gasteiger partial charge in [0.25, 0.3) is 0 Å². The molecule has 0 aliphatic heterocycles. The molecule has 0 atom stereocenters. The summed E-state index contributed by atoms with van der Waals surface area (Å²) in [6, 6.07) is 11.5. The number of aryl methyl sites for hydroxylation is 1. The molecular weight excluding hydrogens is 463 g/mol. The van der Waals surface area contributed by atoms with Gasteiger partial charge in [0.15, 0.2) is 11.5 Å². The van der Waals surface area contributed by atoms with Gasteiger partial charge in [0.2, 0.25) is 5.88 Å². The maximum Gasteiger partial charge on any atom is 0.214 e. The smallest absolute Gasteiger partial charge is 0.214 e. The van der Waals surface area contributed by atoms with E-state index >= 15 is 0 Å². The number of hydrogen-bond donors (Lipinski definition) is 1. The maximum absolute atomic E-state index is 10.6. The highest BCUT2D eigenvalue weighted by Crippen LogP contribution is 2.36. The van der Waals surface area contributed by atoms with Crippen molar-refractivity contribution in [2.45, 2.75) is 26.2 Å². The fourth-order valence-electron chi connectivity index (χ4n) is 3.91. The third kappa shape index (κ3) is 5.18. The van der Waals surface area contributed by atoms with E-state index in [-0.39, 0.29) is 30.7 Å². The highest BCUT2D eigenvalue weighted by molar-refractivity contribution is 5.91. The number of fused-ring (bicyclic) bond motifs is 2. The zero-order valence-electron chi connectivity index (χ0n) is 19.0. The number of ether oxygens (including phenoxy) is 3. The Hall–Kier alpha value is -2.96. The normalized spacial score (nSPS) is 10.4. The molecule has 0 aliphatic carbocycles. The van der Waals surface area contributed by atoms with Crippen molar-refractivity contribution in [1.29, 1.82) is 0 Å². The second-order valence-corrected chi connectivity index (χ2v) is 7.44. The van der Waals surface area contributed by atoms with Crippen LogP contribution in [0.15, 0.2) is 42.6 Å². The minimum absolute atomic E-state index is 0. The highest BCUT2D eigenvalue weighted by Gasteiger charge is 2.15. The van der Waals surface area contributed by atoms with Crippen LogP contribution < -0.4 is 14.2 Å². The third-order valence-corrected chi connectivity index (χ3v) is 5.50. The number of pyridine rings is 2. The summed E-state index contributed by atoms with van der Waals surface area (Å²) in [6.45, 7) is 2.13. The quantitative estimate of drug-likeness (QED) is 0.347. The average molecular weight is 491 g/mol. The molecule has 0 saturated heterocycles. The Morgan fingerprint density at radius 1 is 0.848 bits per heavy atom. The van der Waals surface area contributed by atoms with Crippen LogP contribution >= 0.6 is 24.8 Å². The van der Waals surface area contributed by atoms with Gasteiger partial charge in [-0.25, -0.2) is 4.98 Å². The number of halogens is 2. The Bertz CT molecular complexity index is 1260. The molecule has 2 heterocycles.